The maximum Gasteiger partial charge on any atom is 0.178 e. The van der Waals surface area contributed by atoms with Gasteiger partial charge in [-0.25, -0.2) is 0 Å². The van der Waals surface area contributed by atoms with Gasteiger partial charge >= 0.3 is 0 Å². The average Bonchev–Trinajstić information content (AvgIpc) is 3.23. The highest BCUT2D eigenvalue weighted by Crippen LogP contribution is 2.50. The Morgan fingerprint density at radius 2 is 1.90 bits per heavy atom. The summed E-state index contributed by atoms with van der Waals surface area (Å²) in [6.07, 6.45) is -0.428. The van der Waals surface area contributed by atoms with Crippen molar-refractivity contribution < 1.29 is 33.6 Å². The molecule has 3 heterocycles. The second-order valence-electron chi connectivity index (χ2n) is 8.27. The second kappa shape index (κ2) is 7.31. The van der Waals surface area contributed by atoms with Crippen molar-refractivity contribution in [2.24, 2.45) is 0 Å². The highest BCUT2D eigenvalue weighted by atomic mass is 81.9. The number of ether oxygens (including phenoxy) is 5. The summed E-state index contributed by atoms with van der Waals surface area (Å²) >= 11 is 3.34. The molecule has 164 valence electrons. The van der Waals surface area contributed by atoms with Gasteiger partial charge in [0, 0.05) is 28.9 Å². The number of ketones is 1. The van der Waals surface area contributed by atoms with Crippen LogP contribution in [0.4, 0.5) is 0 Å². The minimum atomic E-state index is -1.05. The van der Waals surface area contributed by atoms with Crippen LogP contribution in [0.15, 0.2) is 24.3 Å². The van der Waals surface area contributed by atoms with Gasteiger partial charge in [-0.05, 0) is 25.1 Å². The van der Waals surface area contributed by atoms with E-state index in [1.165, 1.54) is 0 Å². The zero-order valence-corrected chi connectivity index (χ0v) is 19.0. The van der Waals surface area contributed by atoms with E-state index in [1.54, 1.807) is 45.4 Å². The number of carbonyl (C=O) groups is 1. The van der Waals surface area contributed by atoms with E-state index in [2.05, 4.69) is 15.9 Å². The predicted octanol–water partition coefficient (Wildman–Crippen LogP) is 3.27. The quantitative estimate of drug-likeness (QED) is 0.655. The number of alkyl halides is 1. The van der Waals surface area contributed by atoms with Gasteiger partial charge in [0.05, 0.1) is 25.7 Å². The fourth-order valence-corrected chi connectivity index (χ4v) is 4.86. The summed E-state index contributed by atoms with van der Waals surface area (Å²) in [5, 5.41) is 11.0. The third kappa shape index (κ3) is 3.07. The van der Waals surface area contributed by atoms with Gasteiger partial charge in [0.2, 0.25) is 0 Å². The molecular formula is C23H23BrO7. The van der Waals surface area contributed by atoms with Crippen LogP contribution in [-0.4, -0.2) is 54.9 Å². The molecule has 2 aromatic carbocycles. The maximum absolute atomic E-state index is 13.6. The summed E-state index contributed by atoms with van der Waals surface area (Å²) in [5.41, 5.74) is 1.01. The zero-order valence-electron chi connectivity index (χ0n) is 17.4. The maximum atomic E-state index is 13.6. The molecule has 0 aromatic heterocycles. The van der Waals surface area contributed by atoms with Crippen molar-refractivity contribution in [3.63, 3.8) is 0 Å². The highest BCUT2D eigenvalue weighted by molar-refractivity contribution is 9.09. The molecule has 5 rings (SSSR count). The standard InChI is InChI=1S/C23H23BrO7/c1-23(26,10-24)19-7-13-14(30-19)5-4-11-21(25)20-12-6-16(27-2)17(28-3)8-15(12)29-9-18(20)31-22(11)13/h4-6,8,18-20,26H,7,9-10H2,1-3H3/t18-,19?,20+,23+/m1/s1/i24+2. The third-order valence-electron chi connectivity index (χ3n) is 6.28. The lowest BCUT2D eigenvalue weighted by Crippen LogP contribution is -2.44. The molecule has 3 aliphatic rings. The van der Waals surface area contributed by atoms with Gasteiger partial charge in [-0.2, -0.15) is 0 Å². The molecule has 0 spiro atoms. The van der Waals surface area contributed by atoms with E-state index < -0.39 is 23.7 Å². The predicted molar refractivity (Wildman–Crippen MR) is 116 cm³/mol. The lowest BCUT2D eigenvalue weighted by Gasteiger charge is -2.37. The number of fused-ring (bicyclic) bond motifs is 6. The number of halogens is 1. The van der Waals surface area contributed by atoms with Gasteiger partial charge in [-0.1, -0.05) is 15.9 Å². The lowest BCUT2D eigenvalue weighted by atomic mass is 9.81. The van der Waals surface area contributed by atoms with E-state index in [4.69, 9.17) is 23.7 Å². The molecule has 0 fully saturated rings. The normalized spacial score (nSPS) is 24.9. The van der Waals surface area contributed by atoms with Gasteiger partial charge in [-0.15, -0.1) is 0 Å². The van der Waals surface area contributed by atoms with Crippen LogP contribution in [0.2, 0.25) is 0 Å². The number of carbonyl (C=O) groups excluding carboxylic acids is 1. The first-order chi connectivity index (χ1) is 14.9. The number of methoxy groups -OCH3 is 2. The number of rotatable bonds is 4. The molecule has 1 N–H and O–H groups in total. The Balaban J connectivity index is 1.55. The number of hydrogen-bond donors (Lipinski definition) is 1. The van der Waals surface area contributed by atoms with Crippen LogP contribution in [0.3, 0.4) is 0 Å². The molecule has 7 nitrogen and oxygen atoms in total. The molecule has 4 atom stereocenters. The van der Waals surface area contributed by atoms with E-state index in [0.29, 0.717) is 46.1 Å². The topological polar surface area (TPSA) is 83.5 Å². The van der Waals surface area contributed by atoms with Crippen molar-refractivity contribution >= 4 is 21.7 Å². The zero-order chi connectivity index (χ0) is 21.9. The van der Waals surface area contributed by atoms with Crippen LogP contribution in [0.5, 0.6) is 28.7 Å². The summed E-state index contributed by atoms with van der Waals surface area (Å²) in [4.78, 5) is 13.6. The summed E-state index contributed by atoms with van der Waals surface area (Å²) in [5.74, 6) is 2.32. The van der Waals surface area contributed by atoms with E-state index in [0.717, 1.165) is 11.1 Å². The van der Waals surface area contributed by atoms with Crippen LogP contribution in [0, 0.1) is 0 Å². The molecule has 0 amide bonds. The fourth-order valence-electron chi connectivity index (χ4n) is 4.50. The Morgan fingerprint density at radius 1 is 1.16 bits per heavy atom. The Kier molecular flexibility index (Phi) is 4.82. The number of aliphatic hydroxyl groups is 1. The summed E-state index contributed by atoms with van der Waals surface area (Å²) in [7, 11) is 3.12. The Hall–Kier alpha value is -2.45. The first-order valence-corrected chi connectivity index (χ1v) is 11.2. The number of Topliss-reactive ketones (excluding diaryl/α,β-unsaturated/α-hetero) is 1. The Morgan fingerprint density at radius 3 is 2.61 bits per heavy atom. The minimum Gasteiger partial charge on any atom is -0.493 e. The van der Waals surface area contributed by atoms with Crippen LogP contribution in [0.25, 0.3) is 0 Å². The molecule has 0 saturated carbocycles. The second-order valence-corrected chi connectivity index (χ2v) is 8.84. The van der Waals surface area contributed by atoms with Crippen molar-refractivity contribution in [2.45, 2.75) is 37.1 Å². The summed E-state index contributed by atoms with van der Waals surface area (Å²) in [6, 6.07) is 7.07. The van der Waals surface area contributed by atoms with Crippen LogP contribution < -0.4 is 23.7 Å². The fraction of sp³-hybridized carbons (Fsp3) is 0.435. The molecule has 8 heteroatoms. The lowest BCUT2D eigenvalue weighted by molar-refractivity contribution is -0.0181. The van der Waals surface area contributed by atoms with E-state index in [-0.39, 0.29) is 12.4 Å². The number of benzene rings is 2. The first-order valence-electron chi connectivity index (χ1n) is 10.1. The van der Waals surface area contributed by atoms with Crippen molar-refractivity contribution in [3.05, 3.63) is 41.0 Å². The molecule has 0 aliphatic carbocycles. The molecule has 2 aromatic rings. The summed E-state index contributed by atoms with van der Waals surface area (Å²) in [6.45, 7) is 1.96. The molecule has 0 radical (unpaired) electrons. The van der Waals surface area contributed by atoms with Crippen molar-refractivity contribution in [2.75, 3.05) is 26.2 Å². The van der Waals surface area contributed by atoms with Crippen LogP contribution in [0.1, 0.15) is 34.3 Å². The highest BCUT2D eigenvalue weighted by Gasteiger charge is 2.47. The largest absolute Gasteiger partial charge is 0.493 e. The molecular weight excluding hydrogens is 470 g/mol. The molecule has 0 bridgehead atoms. The third-order valence-corrected chi connectivity index (χ3v) is 7.42. The Bertz CT molecular complexity index is 1060. The minimum absolute atomic E-state index is 0.0264. The molecule has 1 unspecified atom stereocenters. The summed E-state index contributed by atoms with van der Waals surface area (Å²) < 4.78 is 29.0. The number of hydrogen-bond acceptors (Lipinski definition) is 7. The van der Waals surface area contributed by atoms with Crippen molar-refractivity contribution in [1.29, 1.82) is 0 Å². The van der Waals surface area contributed by atoms with E-state index in [1.807, 2.05) is 0 Å². The Labute approximate surface area is 188 Å². The van der Waals surface area contributed by atoms with Crippen molar-refractivity contribution in [3.8, 4) is 28.7 Å². The van der Waals surface area contributed by atoms with Gasteiger partial charge < -0.3 is 28.8 Å². The van der Waals surface area contributed by atoms with Gasteiger partial charge in [0.1, 0.15) is 41.7 Å². The molecule has 3 aliphatic heterocycles. The van der Waals surface area contributed by atoms with E-state index >= 15 is 0 Å². The van der Waals surface area contributed by atoms with Crippen LogP contribution in [-0.2, 0) is 6.42 Å². The SMILES string of the molecule is COc1cc2c(cc1OC)[C@@H]1C(=O)c3ccc4c(c3O[C@@H]1CO2)CC([C@@](C)(O)C[82Br])O4. The average molecular weight is 493 g/mol. The van der Waals surface area contributed by atoms with E-state index in [9.17, 15) is 9.90 Å². The smallest absolute Gasteiger partial charge is 0.178 e. The van der Waals surface area contributed by atoms with Gasteiger partial charge in [-0.3, -0.25) is 4.79 Å². The van der Waals surface area contributed by atoms with Crippen molar-refractivity contribution in [1.82, 2.24) is 0 Å². The first kappa shape index (κ1) is 20.5. The monoisotopic (exact) mass is 493 g/mol. The van der Waals surface area contributed by atoms with Gasteiger partial charge in [0.15, 0.2) is 17.3 Å². The van der Waals surface area contributed by atoms with Gasteiger partial charge in [0.25, 0.3) is 0 Å². The van der Waals surface area contributed by atoms with Crippen LogP contribution >= 0.6 is 15.9 Å². The molecule has 31 heavy (non-hydrogen) atoms. The molecule has 0 saturated heterocycles.